The molecule has 1 heterocycles. The molecule has 0 amide bonds. The van der Waals surface area contributed by atoms with Crippen LogP contribution in [-0.4, -0.2) is 18.4 Å². The quantitative estimate of drug-likeness (QED) is 0.742. The van der Waals surface area contributed by atoms with Crippen LogP contribution in [0.1, 0.15) is 5.56 Å². The molecule has 82 valence electrons. The van der Waals surface area contributed by atoms with E-state index in [9.17, 15) is 9.18 Å². The number of rotatable bonds is 3. The molecule has 0 aliphatic carbocycles. The highest BCUT2D eigenvalue weighted by atomic mass is 19.1. The minimum absolute atomic E-state index is 0.0397. The van der Waals surface area contributed by atoms with Crippen molar-refractivity contribution < 1.29 is 13.9 Å². The van der Waals surface area contributed by atoms with E-state index in [2.05, 4.69) is 4.98 Å². The van der Waals surface area contributed by atoms with Gasteiger partial charge >= 0.3 is 0 Å². The smallest absolute Gasteiger partial charge is 0.145 e. The first kappa shape index (κ1) is 10.5. The summed E-state index contributed by atoms with van der Waals surface area (Å²) in [5.41, 5.74) is 1.01. The van der Waals surface area contributed by atoms with Gasteiger partial charge in [0.2, 0.25) is 0 Å². The standard InChI is InChI=1S/C12H10FNO2/c1-16-8-2-3-12-10(6-8)9(4-5-15)11(13)7-14-12/h2-3,5-7H,4H2,1H3. The Labute approximate surface area is 91.9 Å². The summed E-state index contributed by atoms with van der Waals surface area (Å²) in [6.45, 7) is 0. The van der Waals surface area contributed by atoms with E-state index < -0.39 is 5.82 Å². The Bertz CT molecular complexity index is 540. The molecule has 0 aliphatic rings. The molecule has 2 rings (SSSR count). The summed E-state index contributed by atoms with van der Waals surface area (Å²) in [6.07, 6.45) is 1.85. The third-order valence-electron chi connectivity index (χ3n) is 2.42. The molecule has 16 heavy (non-hydrogen) atoms. The summed E-state index contributed by atoms with van der Waals surface area (Å²) < 4.78 is 18.5. The molecule has 0 atom stereocenters. The molecule has 0 spiro atoms. The van der Waals surface area contributed by atoms with E-state index in [4.69, 9.17) is 4.74 Å². The molecular weight excluding hydrogens is 209 g/mol. The van der Waals surface area contributed by atoms with Crippen LogP contribution in [0.15, 0.2) is 24.4 Å². The van der Waals surface area contributed by atoms with Crippen LogP contribution in [0.2, 0.25) is 0 Å². The average molecular weight is 219 g/mol. The Morgan fingerprint density at radius 2 is 2.31 bits per heavy atom. The topological polar surface area (TPSA) is 39.2 Å². The zero-order chi connectivity index (χ0) is 11.5. The van der Waals surface area contributed by atoms with Crippen LogP contribution in [0.4, 0.5) is 4.39 Å². The number of aromatic nitrogens is 1. The van der Waals surface area contributed by atoms with E-state index in [-0.39, 0.29) is 6.42 Å². The molecule has 0 aliphatic heterocycles. The summed E-state index contributed by atoms with van der Waals surface area (Å²) in [5, 5.41) is 0.617. The van der Waals surface area contributed by atoms with Gasteiger partial charge in [0.05, 0.1) is 18.8 Å². The second-order valence-corrected chi connectivity index (χ2v) is 3.34. The highest BCUT2D eigenvalue weighted by molar-refractivity contribution is 5.85. The van der Waals surface area contributed by atoms with Gasteiger partial charge in [0.1, 0.15) is 17.9 Å². The van der Waals surface area contributed by atoms with Gasteiger partial charge in [-0.15, -0.1) is 0 Å². The first-order valence-corrected chi connectivity index (χ1v) is 4.81. The zero-order valence-electron chi connectivity index (χ0n) is 8.74. The molecule has 0 N–H and O–H groups in total. The number of nitrogens with zero attached hydrogens (tertiary/aromatic N) is 1. The number of carbonyl (C=O) groups excluding carboxylic acids is 1. The maximum Gasteiger partial charge on any atom is 0.145 e. The molecule has 0 radical (unpaired) electrons. The number of aldehydes is 1. The number of pyridine rings is 1. The lowest BCUT2D eigenvalue weighted by atomic mass is 10.1. The molecule has 0 bridgehead atoms. The van der Waals surface area contributed by atoms with Gasteiger partial charge in [0, 0.05) is 17.4 Å². The van der Waals surface area contributed by atoms with Gasteiger partial charge in [-0.1, -0.05) is 0 Å². The lowest BCUT2D eigenvalue weighted by molar-refractivity contribution is -0.107. The van der Waals surface area contributed by atoms with Gasteiger partial charge in [-0.25, -0.2) is 4.39 Å². The molecular formula is C12H10FNO2. The van der Waals surface area contributed by atoms with Gasteiger partial charge in [-0.3, -0.25) is 4.98 Å². The van der Waals surface area contributed by atoms with Gasteiger partial charge < -0.3 is 9.53 Å². The second-order valence-electron chi connectivity index (χ2n) is 3.34. The lowest BCUT2D eigenvalue weighted by Gasteiger charge is -2.06. The van der Waals surface area contributed by atoms with Crippen molar-refractivity contribution in [3.05, 3.63) is 35.8 Å². The van der Waals surface area contributed by atoms with Crippen molar-refractivity contribution in [3.8, 4) is 5.75 Å². The molecule has 1 aromatic heterocycles. The summed E-state index contributed by atoms with van der Waals surface area (Å²) in [6, 6.07) is 5.17. The summed E-state index contributed by atoms with van der Waals surface area (Å²) >= 11 is 0. The average Bonchev–Trinajstić information content (AvgIpc) is 2.32. The third-order valence-corrected chi connectivity index (χ3v) is 2.42. The maximum absolute atomic E-state index is 13.5. The molecule has 4 heteroatoms. The predicted octanol–water partition coefficient (Wildman–Crippen LogP) is 2.12. The van der Waals surface area contributed by atoms with Crippen molar-refractivity contribution in [2.45, 2.75) is 6.42 Å². The monoisotopic (exact) mass is 219 g/mol. The van der Waals surface area contributed by atoms with Crippen molar-refractivity contribution in [2.24, 2.45) is 0 Å². The summed E-state index contributed by atoms with van der Waals surface area (Å²) in [4.78, 5) is 14.5. The van der Waals surface area contributed by atoms with Crippen LogP contribution in [0.5, 0.6) is 5.75 Å². The Hall–Kier alpha value is -1.97. The fourth-order valence-electron chi connectivity index (χ4n) is 1.62. The van der Waals surface area contributed by atoms with Crippen LogP contribution < -0.4 is 4.74 Å². The van der Waals surface area contributed by atoms with Gasteiger partial charge in [0.15, 0.2) is 0 Å². The second kappa shape index (κ2) is 4.26. The summed E-state index contributed by atoms with van der Waals surface area (Å²) in [5.74, 6) is 0.153. The molecule has 3 nitrogen and oxygen atoms in total. The van der Waals surface area contributed by atoms with Crippen molar-refractivity contribution in [3.63, 3.8) is 0 Å². The maximum atomic E-state index is 13.5. The number of hydrogen-bond donors (Lipinski definition) is 0. The fraction of sp³-hybridized carbons (Fsp3) is 0.167. The number of carbonyl (C=O) groups is 1. The number of fused-ring (bicyclic) bond motifs is 1. The van der Waals surface area contributed by atoms with Crippen LogP contribution in [0.25, 0.3) is 10.9 Å². The zero-order valence-corrected chi connectivity index (χ0v) is 8.74. The first-order chi connectivity index (χ1) is 7.76. The van der Waals surface area contributed by atoms with E-state index in [1.54, 1.807) is 18.2 Å². The van der Waals surface area contributed by atoms with Gasteiger partial charge in [-0.05, 0) is 18.2 Å². The van der Waals surface area contributed by atoms with Crippen molar-refractivity contribution in [1.82, 2.24) is 4.98 Å². The third kappa shape index (κ3) is 1.74. The van der Waals surface area contributed by atoms with E-state index in [1.807, 2.05) is 0 Å². The molecule has 1 aromatic carbocycles. The van der Waals surface area contributed by atoms with Crippen molar-refractivity contribution >= 4 is 17.2 Å². The van der Waals surface area contributed by atoms with Gasteiger partial charge in [-0.2, -0.15) is 0 Å². The number of hydrogen-bond acceptors (Lipinski definition) is 3. The molecule has 0 saturated carbocycles. The first-order valence-electron chi connectivity index (χ1n) is 4.81. The van der Waals surface area contributed by atoms with Crippen LogP contribution in [-0.2, 0) is 11.2 Å². The summed E-state index contributed by atoms with van der Waals surface area (Å²) in [7, 11) is 1.54. The highest BCUT2D eigenvalue weighted by Gasteiger charge is 2.09. The fourth-order valence-corrected chi connectivity index (χ4v) is 1.62. The highest BCUT2D eigenvalue weighted by Crippen LogP contribution is 2.24. The molecule has 0 fully saturated rings. The normalized spacial score (nSPS) is 10.4. The molecule has 0 unspecified atom stereocenters. The lowest BCUT2D eigenvalue weighted by Crippen LogP contribution is -1.96. The minimum atomic E-state index is -0.465. The number of benzene rings is 1. The Balaban J connectivity index is 2.72. The largest absolute Gasteiger partial charge is 0.497 e. The van der Waals surface area contributed by atoms with E-state index in [0.717, 1.165) is 6.20 Å². The number of methoxy groups -OCH3 is 1. The van der Waals surface area contributed by atoms with Crippen molar-refractivity contribution in [1.29, 1.82) is 0 Å². The van der Waals surface area contributed by atoms with Crippen LogP contribution in [0.3, 0.4) is 0 Å². The van der Waals surface area contributed by atoms with E-state index in [0.29, 0.717) is 28.5 Å². The number of ether oxygens (including phenoxy) is 1. The SMILES string of the molecule is COc1ccc2ncc(F)c(CC=O)c2c1. The van der Waals surface area contributed by atoms with E-state index >= 15 is 0 Å². The van der Waals surface area contributed by atoms with Gasteiger partial charge in [0.25, 0.3) is 0 Å². The van der Waals surface area contributed by atoms with Crippen molar-refractivity contribution in [2.75, 3.05) is 7.11 Å². The Kier molecular flexibility index (Phi) is 2.81. The molecule has 0 saturated heterocycles. The van der Waals surface area contributed by atoms with Crippen LogP contribution in [0, 0.1) is 5.82 Å². The van der Waals surface area contributed by atoms with Crippen LogP contribution >= 0.6 is 0 Å². The molecule has 2 aromatic rings. The Morgan fingerprint density at radius 1 is 1.50 bits per heavy atom. The Morgan fingerprint density at radius 3 is 3.00 bits per heavy atom. The predicted molar refractivity (Wildman–Crippen MR) is 58.0 cm³/mol. The van der Waals surface area contributed by atoms with E-state index in [1.165, 1.54) is 7.11 Å². The number of halogens is 1. The minimum Gasteiger partial charge on any atom is -0.497 e.